The van der Waals surface area contributed by atoms with E-state index in [1.165, 1.54) is 5.56 Å². The van der Waals surface area contributed by atoms with Crippen molar-refractivity contribution in [3.8, 4) is 17.2 Å². The van der Waals surface area contributed by atoms with Gasteiger partial charge in [-0.1, -0.05) is 24.3 Å². The number of methoxy groups -OCH3 is 1. The number of para-hydroxylation sites is 1. The average molecular weight is 396 g/mol. The Morgan fingerprint density at radius 2 is 2.00 bits per heavy atom. The SMILES string of the molecule is COc1ccccc1[C@H](C)NC(=O)CN1CCC[C@@H]1c1ccc2c(c1)OCCO2. The summed E-state index contributed by atoms with van der Waals surface area (Å²) in [6.07, 6.45) is 2.11. The Bertz CT molecular complexity index is 870. The first-order valence-corrected chi connectivity index (χ1v) is 10.2. The van der Waals surface area contributed by atoms with E-state index in [1.807, 2.05) is 37.3 Å². The van der Waals surface area contributed by atoms with E-state index < -0.39 is 0 Å². The van der Waals surface area contributed by atoms with Gasteiger partial charge in [0, 0.05) is 11.6 Å². The molecule has 1 amide bonds. The molecular weight excluding hydrogens is 368 g/mol. The van der Waals surface area contributed by atoms with E-state index in [9.17, 15) is 4.79 Å². The zero-order valence-corrected chi connectivity index (χ0v) is 17.0. The Balaban J connectivity index is 1.41. The number of fused-ring (bicyclic) bond motifs is 1. The smallest absolute Gasteiger partial charge is 0.234 e. The number of rotatable bonds is 6. The molecule has 2 heterocycles. The van der Waals surface area contributed by atoms with Crippen LogP contribution in [0.3, 0.4) is 0 Å². The summed E-state index contributed by atoms with van der Waals surface area (Å²) in [7, 11) is 1.65. The molecule has 0 aliphatic carbocycles. The third-order valence-electron chi connectivity index (χ3n) is 5.64. The van der Waals surface area contributed by atoms with Crippen molar-refractivity contribution in [1.82, 2.24) is 10.2 Å². The molecule has 6 heteroatoms. The monoisotopic (exact) mass is 396 g/mol. The Labute approximate surface area is 171 Å². The first-order valence-electron chi connectivity index (χ1n) is 10.2. The molecule has 0 unspecified atom stereocenters. The summed E-state index contributed by atoms with van der Waals surface area (Å²) in [4.78, 5) is 15.0. The highest BCUT2D eigenvalue weighted by molar-refractivity contribution is 5.78. The lowest BCUT2D eigenvalue weighted by atomic mass is 10.0. The fourth-order valence-electron chi connectivity index (χ4n) is 4.23. The highest BCUT2D eigenvalue weighted by Crippen LogP contribution is 2.38. The third kappa shape index (κ3) is 4.32. The highest BCUT2D eigenvalue weighted by atomic mass is 16.6. The van der Waals surface area contributed by atoms with Crippen LogP contribution in [-0.4, -0.2) is 44.2 Å². The molecule has 0 spiro atoms. The van der Waals surface area contributed by atoms with Crippen LogP contribution < -0.4 is 19.5 Å². The van der Waals surface area contributed by atoms with Crippen LogP contribution in [0.1, 0.15) is 43.0 Å². The lowest BCUT2D eigenvalue weighted by Gasteiger charge is -2.27. The predicted octanol–water partition coefficient (Wildman–Crippen LogP) is 3.48. The number of hydrogen-bond donors (Lipinski definition) is 1. The van der Waals surface area contributed by atoms with Crippen molar-refractivity contribution in [3.63, 3.8) is 0 Å². The maximum Gasteiger partial charge on any atom is 0.234 e. The number of hydrogen-bond acceptors (Lipinski definition) is 5. The molecule has 2 aliphatic rings. The second-order valence-corrected chi connectivity index (χ2v) is 7.56. The lowest BCUT2D eigenvalue weighted by molar-refractivity contribution is -0.123. The largest absolute Gasteiger partial charge is 0.496 e. The molecule has 2 aromatic carbocycles. The summed E-state index contributed by atoms with van der Waals surface area (Å²) in [6.45, 7) is 4.44. The normalized spacial score (nSPS) is 19.6. The zero-order valence-electron chi connectivity index (χ0n) is 17.0. The molecule has 2 atom stereocenters. The molecule has 1 N–H and O–H groups in total. The van der Waals surface area contributed by atoms with Crippen LogP contribution in [-0.2, 0) is 4.79 Å². The van der Waals surface area contributed by atoms with Crippen LogP contribution in [0.15, 0.2) is 42.5 Å². The van der Waals surface area contributed by atoms with Gasteiger partial charge < -0.3 is 19.5 Å². The van der Waals surface area contributed by atoms with Crippen LogP contribution in [0.2, 0.25) is 0 Å². The minimum atomic E-state index is -0.117. The minimum absolute atomic E-state index is 0.0212. The van der Waals surface area contributed by atoms with Gasteiger partial charge in [-0.05, 0) is 50.1 Å². The third-order valence-corrected chi connectivity index (χ3v) is 5.64. The number of ether oxygens (including phenoxy) is 3. The first-order chi connectivity index (χ1) is 14.2. The van der Waals surface area contributed by atoms with E-state index in [2.05, 4.69) is 22.3 Å². The van der Waals surface area contributed by atoms with Gasteiger partial charge in [-0.25, -0.2) is 0 Å². The summed E-state index contributed by atoms with van der Waals surface area (Å²) < 4.78 is 16.8. The molecule has 0 radical (unpaired) electrons. The molecule has 0 bridgehead atoms. The molecule has 1 fully saturated rings. The molecule has 29 heavy (non-hydrogen) atoms. The Kier molecular flexibility index (Phi) is 5.90. The minimum Gasteiger partial charge on any atom is -0.496 e. The quantitative estimate of drug-likeness (QED) is 0.810. The molecule has 0 saturated carbocycles. The number of benzene rings is 2. The molecule has 0 aromatic heterocycles. The van der Waals surface area contributed by atoms with Gasteiger partial charge in [0.05, 0.1) is 19.7 Å². The number of nitrogens with zero attached hydrogens (tertiary/aromatic N) is 1. The van der Waals surface area contributed by atoms with Crippen molar-refractivity contribution < 1.29 is 19.0 Å². The van der Waals surface area contributed by atoms with Gasteiger partial charge in [-0.15, -0.1) is 0 Å². The van der Waals surface area contributed by atoms with Crippen LogP contribution in [0.5, 0.6) is 17.2 Å². The van der Waals surface area contributed by atoms with Crippen molar-refractivity contribution >= 4 is 5.91 Å². The Hall–Kier alpha value is -2.73. The maximum absolute atomic E-state index is 12.8. The summed E-state index contributed by atoms with van der Waals surface area (Å²) in [5, 5.41) is 3.11. The van der Waals surface area contributed by atoms with Crippen molar-refractivity contribution in [2.75, 3.05) is 33.4 Å². The van der Waals surface area contributed by atoms with E-state index in [0.717, 1.165) is 42.2 Å². The zero-order chi connectivity index (χ0) is 20.2. The Morgan fingerprint density at radius 1 is 1.21 bits per heavy atom. The van der Waals surface area contributed by atoms with E-state index >= 15 is 0 Å². The second kappa shape index (κ2) is 8.74. The van der Waals surface area contributed by atoms with Crippen LogP contribution >= 0.6 is 0 Å². The highest BCUT2D eigenvalue weighted by Gasteiger charge is 2.29. The number of carbonyl (C=O) groups is 1. The predicted molar refractivity (Wildman–Crippen MR) is 111 cm³/mol. The van der Waals surface area contributed by atoms with Crippen LogP contribution in [0.25, 0.3) is 0 Å². The Morgan fingerprint density at radius 3 is 2.83 bits per heavy atom. The van der Waals surface area contributed by atoms with Gasteiger partial charge in [0.1, 0.15) is 19.0 Å². The van der Waals surface area contributed by atoms with Crippen LogP contribution in [0, 0.1) is 0 Å². The first kappa shape index (κ1) is 19.6. The van der Waals surface area contributed by atoms with Gasteiger partial charge in [0.25, 0.3) is 0 Å². The molecule has 2 aliphatic heterocycles. The van der Waals surface area contributed by atoms with E-state index in [0.29, 0.717) is 19.8 Å². The number of likely N-dealkylation sites (tertiary alicyclic amines) is 1. The molecular formula is C23H28N2O4. The summed E-state index contributed by atoms with van der Waals surface area (Å²) in [5.41, 5.74) is 2.16. The van der Waals surface area contributed by atoms with Crippen molar-refractivity contribution in [1.29, 1.82) is 0 Å². The molecule has 6 nitrogen and oxygen atoms in total. The maximum atomic E-state index is 12.8. The van der Waals surface area contributed by atoms with E-state index in [4.69, 9.17) is 14.2 Å². The van der Waals surface area contributed by atoms with Crippen molar-refractivity contribution in [3.05, 3.63) is 53.6 Å². The van der Waals surface area contributed by atoms with Gasteiger partial charge in [-0.2, -0.15) is 0 Å². The van der Waals surface area contributed by atoms with Gasteiger partial charge in [0.15, 0.2) is 11.5 Å². The van der Waals surface area contributed by atoms with Gasteiger partial charge in [-0.3, -0.25) is 9.69 Å². The van der Waals surface area contributed by atoms with E-state index in [-0.39, 0.29) is 18.0 Å². The van der Waals surface area contributed by atoms with Crippen LogP contribution in [0.4, 0.5) is 0 Å². The molecule has 154 valence electrons. The van der Waals surface area contributed by atoms with Gasteiger partial charge in [0.2, 0.25) is 5.91 Å². The van der Waals surface area contributed by atoms with Gasteiger partial charge >= 0.3 is 0 Å². The standard InChI is InChI=1S/C23H28N2O4/c1-16(18-6-3-4-8-20(18)27-2)24-23(26)15-25-11-5-7-19(25)17-9-10-21-22(14-17)29-13-12-28-21/h3-4,6,8-10,14,16,19H,5,7,11-13,15H2,1-2H3,(H,24,26)/t16-,19+/m0/s1. The lowest BCUT2D eigenvalue weighted by Crippen LogP contribution is -2.38. The average Bonchev–Trinajstić information content (AvgIpc) is 3.21. The van der Waals surface area contributed by atoms with Crippen molar-refractivity contribution in [2.45, 2.75) is 31.8 Å². The topological polar surface area (TPSA) is 60.0 Å². The summed E-state index contributed by atoms with van der Waals surface area (Å²) in [5.74, 6) is 2.41. The van der Waals surface area contributed by atoms with E-state index in [1.54, 1.807) is 7.11 Å². The number of nitrogens with one attached hydrogen (secondary N) is 1. The summed E-state index contributed by atoms with van der Waals surface area (Å²) >= 11 is 0. The molecule has 4 rings (SSSR count). The fourth-order valence-corrected chi connectivity index (χ4v) is 4.23. The van der Waals surface area contributed by atoms with Crippen molar-refractivity contribution in [2.24, 2.45) is 0 Å². The number of carbonyl (C=O) groups excluding carboxylic acids is 1. The number of amides is 1. The fraction of sp³-hybridized carbons (Fsp3) is 0.435. The second-order valence-electron chi connectivity index (χ2n) is 7.56. The summed E-state index contributed by atoms with van der Waals surface area (Å²) in [6, 6.07) is 14.0. The molecule has 2 aromatic rings. The molecule has 1 saturated heterocycles.